The smallest absolute Gasteiger partial charge is 0.221 e. The molecule has 1 rings (SSSR count). The molecule has 0 aromatic carbocycles. The van der Waals surface area contributed by atoms with Crippen LogP contribution in [0.5, 0.6) is 0 Å². The van der Waals surface area contributed by atoms with Crippen LogP contribution in [0.1, 0.15) is 37.3 Å². The maximum atomic E-state index is 11.3. The van der Waals surface area contributed by atoms with E-state index in [-0.39, 0.29) is 18.0 Å². The van der Waals surface area contributed by atoms with Crippen LogP contribution in [-0.4, -0.2) is 37.5 Å². The summed E-state index contributed by atoms with van der Waals surface area (Å²) in [6.07, 6.45) is 1.31. The Morgan fingerprint density at radius 3 is 2.68 bits per heavy atom. The first kappa shape index (κ1) is 15.7. The average molecular weight is 267 g/mol. The van der Waals surface area contributed by atoms with Crippen LogP contribution in [0.4, 0.5) is 0 Å². The molecule has 108 valence electrons. The van der Waals surface area contributed by atoms with Gasteiger partial charge in [0.15, 0.2) is 0 Å². The second-order valence-corrected chi connectivity index (χ2v) is 4.87. The Balaban J connectivity index is 2.76. The van der Waals surface area contributed by atoms with Gasteiger partial charge < -0.3 is 15.5 Å². The molecule has 5 nitrogen and oxygen atoms in total. The number of hydrogen-bond donors (Lipinski definition) is 2. The minimum Gasteiger partial charge on any atom is -0.465 e. The first-order chi connectivity index (χ1) is 8.99. The van der Waals surface area contributed by atoms with Gasteiger partial charge in [-0.2, -0.15) is 0 Å². The molecule has 1 heterocycles. The van der Waals surface area contributed by atoms with Gasteiger partial charge in [-0.15, -0.1) is 0 Å². The lowest BCUT2D eigenvalue weighted by atomic mass is 10.0. The molecular weight excluding hydrogens is 242 g/mol. The Hall–Kier alpha value is -1.33. The zero-order chi connectivity index (χ0) is 14.4. The highest BCUT2D eigenvalue weighted by molar-refractivity contribution is 5.75. The minimum absolute atomic E-state index is 0.00311. The molecule has 0 aliphatic carbocycles. The van der Waals surface area contributed by atoms with Crippen molar-refractivity contribution < 1.29 is 9.21 Å². The Bertz CT molecular complexity index is 403. The number of aryl methyl sites for hydroxylation is 1. The third-order valence-corrected chi connectivity index (χ3v) is 3.37. The molecule has 0 saturated heterocycles. The van der Waals surface area contributed by atoms with Crippen LogP contribution in [0.25, 0.3) is 0 Å². The number of carbonyl (C=O) groups excluding carboxylic acids is 1. The number of hydrogen-bond acceptors (Lipinski definition) is 4. The second-order valence-electron chi connectivity index (χ2n) is 4.87. The SMILES string of the molecule is CCC(N)C(c1ccc(C)o1)N(C)CCC(=O)NC. The van der Waals surface area contributed by atoms with Crippen LogP contribution in [0.3, 0.4) is 0 Å². The molecule has 5 heteroatoms. The van der Waals surface area contributed by atoms with Gasteiger partial charge in [0, 0.05) is 26.1 Å². The maximum Gasteiger partial charge on any atom is 0.221 e. The van der Waals surface area contributed by atoms with Crippen molar-refractivity contribution in [3.05, 3.63) is 23.7 Å². The number of nitrogens with one attached hydrogen (secondary N) is 1. The van der Waals surface area contributed by atoms with Crippen molar-refractivity contribution in [2.45, 2.75) is 38.8 Å². The number of likely N-dealkylation sites (N-methyl/N-ethyl adjacent to an activating group) is 1. The molecule has 0 bridgehead atoms. The van der Waals surface area contributed by atoms with E-state index in [0.717, 1.165) is 17.9 Å². The van der Waals surface area contributed by atoms with E-state index in [4.69, 9.17) is 10.2 Å². The Kier molecular flexibility index (Phi) is 6.05. The van der Waals surface area contributed by atoms with E-state index >= 15 is 0 Å². The molecule has 0 aliphatic rings. The highest BCUT2D eigenvalue weighted by Crippen LogP contribution is 2.25. The third kappa shape index (κ3) is 4.36. The van der Waals surface area contributed by atoms with Crippen molar-refractivity contribution in [3.8, 4) is 0 Å². The van der Waals surface area contributed by atoms with Crippen LogP contribution in [-0.2, 0) is 4.79 Å². The van der Waals surface area contributed by atoms with Gasteiger partial charge in [-0.25, -0.2) is 0 Å². The zero-order valence-corrected chi connectivity index (χ0v) is 12.3. The fourth-order valence-corrected chi connectivity index (χ4v) is 2.13. The van der Waals surface area contributed by atoms with E-state index in [9.17, 15) is 4.79 Å². The quantitative estimate of drug-likeness (QED) is 0.784. The van der Waals surface area contributed by atoms with Crippen molar-refractivity contribution in [1.82, 2.24) is 10.2 Å². The summed E-state index contributed by atoms with van der Waals surface area (Å²) in [5.74, 6) is 1.78. The molecule has 19 heavy (non-hydrogen) atoms. The summed E-state index contributed by atoms with van der Waals surface area (Å²) < 4.78 is 5.70. The molecule has 1 aromatic rings. The number of rotatable bonds is 7. The van der Waals surface area contributed by atoms with E-state index in [2.05, 4.69) is 17.1 Å². The van der Waals surface area contributed by atoms with Crippen molar-refractivity contribution in [3.63, 3.8) is 0 Å². The minimum atomic E-state index is -0.0137. The Morgan fingerprint density at radius 1 is 1.53 bits per heavy atom. The summed E-state index contributed by atoms with van der Waals surface area (Å²) in [5.41, 5.74) is 6.20. The lowest BCUT2D eigenvalue weighted by molar-refractivity contribution is -0.121. The molecule has 2 unspecified atom stereocenters. The zero-order valence-electron chi connectivity index (χ0n) is 12.3. The molecule has 0 aliphatic heterocycles. The fourth-order valence-electron chi connectivity index (χ4n) is 2.13. The Labute approximate surface area is 115 Å². The lowest BCUT2D eigenvalue weighted by Crippen LogP contribution is -2.40. The average Bonchev–Trinajstić information content (AvgIpc) is 2.82. The van der Waals surface area contributed by atoms with Gasteiger partial charge in [-0.3, -0.25) is 9.69 Å². The van der Waals surface area contributed by atoms with E-state index in [1.165, 1.54) is 0 Å². The van der Waals surface area contributed by atoms with Crippen LogP contribution >= 0.6 is 0 Å². The van der Waals surface area contributed by atoms with Crippen LogP contribution in [0.2, 0.25) is 0 Å². The summed E-state index contributed by atoms with van der Waals surface area (Å²) in [6, 6.07) is 3.90. The highest BCUT2D eigenvalue weighted by Gasteiger charge is 2.26. The van der Waals surface area contributed by atoms with Gasteiger partial charge in [0.2, 0.25) is 5.91 Å². The van der Waals surface area contributed by atoms with Gasteiger partial charge in [0.1, 0.15) is 11.5 Å². The van der Waals surface area contributed by atoms with Crippen molar-refractivity contribution in [2.75, 3.05) is 20.6 Å². The van der Waals surface area contributed by atoms with Gasteiger partial charge >= 0.3 is 0 Å². The van der Waals surface area contributed by atoms with Crippen molar-refractivity contribution >= 4 is 5.91 Å². The van der Waals surface area contributed by atoms with Crippen LogP contribution in [0, 0.1) is 6.92 Å². The van der Waals surface area contributed by atoms with E-state index in [0.29, 0.717) is 13.0 Å². The molecule has 0 spiro atoms. The number of furan rings is 1. The van der Waals surface area contributed by atoms with Crippen molar-refractivity contribution in [2.24, 2.45) is 5.73 Å². The monoisotopic (exact) mass is 267 g/mol. The lowest BCUT2D eigenvalue weighted by Gasteiger charge is -2.30. The maximum absolute atomic E-state index is 11.3. The topological polar surface area (TPSA) is 71.5 Å². The molecule has 0 radical (unpaired) electrons. The Morgan fingerprint density at radius 2 is 2.21 bits per heavy atom. The van der Waals surface area contributed by atoms with Crippen LogP contribution in [0.15, 0.2) is 16.5 Å². The second kappa shape index (κ2) is 7.31. The van der Waals surface area contributed by atoms with Gasteiger partial charge in [-0.05, 0) is 32.5 Å². The standard InChI is InChI=1S/C14H25N3O2/c1-5-11(15)14(12-7-6-10(2)19-12)17(4)9-8-13(18)16-3/h6-7,11,14H,5,8-9,15H2,1-4H3,(H,16,18). The molecule has 0 fully saturated rings. The normalized spacial score (nSPS) is 14.4. The number of amides is 1. The summed E-state index contributed by atoms with van der Waals surface area (Å²) in [4.78, 5) is 13.4. The summed E-state index contributed by atoms with van der Waals surface area (Å²) in [6.45, 7) is 4.63. The van der Waals surface area contributed by atoms with Crippen molar-refractivity contribution in [1.29, 1.82) is 0 Å². The largest absolute Gasteiger partial charge is 0.465 e. The number of nitrogens with two attached hydrogens (primary N) is 1. The van der Waals surface area contributed by atoms with Gasteiger partial charge in [-0.1, -0.05) is 6.92 Å². The number of nitrogens with zero attached hydrogens (tertiary/aromatic N) is 1. The van der Waals surface area contributed by atoms with E-state index in [1.54, 1.807) is 7.05 Å². The molecular formula is C14H25N3O2. The van der Waals surface area contributed by atoms with Gasteiger partial charge in [0.25, 0.3) is 0 Å². The third-order valence-electron chi connectivity index (χ3n) is 3.37. The summed E-state index contributed by atoms with van der Waals surface area (Å²) in [7, 11) is 3.62. The fraction of sp³-hybridized carbons (Fsp3) is 0.643. The van der Waals surface area contributed by atoms with Gasteiger partial charge in [0.05, 0.1) is 6.04 Å². The molecule has 1 amide bonds. The number of carbonyl (C=O) groups is 1. The first-order valence-corrected chi connectivity index (χ1v) is 6.72. The summed E-state index contributed by atoms with van der Waals surface area (Å²) >= 11 is 0. The van der Waals surface area contributed by atoms with E-state index < -0.39 is 0 Å². The van der Waals surface area contributed by atoms with E-state index in [1.807, 2.05) is 26.1 Å². The molecule has 3 N–H and O–H groups in total. The predicted molar refractivity (Wildman–Crippen MR) is 75.8 cm³/mol. The first-order valence-electron chi connectivity index (χ1n) is 6.72. The summed E-state index contributed by atoms with van der Waals surface area (Å²) in [5, 5.41) is 2.63. The predicted octanol–water partition coefficient (Wildman–Crippen LogP) is 1.43. The molecule has 2 atom stereocenters. The molecule has 1 aromatic heterocycles. The highest BCUT2D eigenvalue weighted by atomic mass is 16.3. The van der Waals surface area contributed by atoms with Crippen LogP contribution < -0.4 is 11.1 Å². The molecule has 0 saturated carbocycles.